The predicted octanol–water partition coefficient (Wildman–Crippen LogP) is 3.63. The van der Waals surface area contributed by atoms with E-state index in [1.165, 1.54) is 0 Å². The zero-order valence-corrected chi connectivity index (χ0v) is 14.5. The number of benzene rings is 2. The SMILES string of the molecule is CC1CNCCC1NC(=O)c1ccc(Oc2ccccc2)cc1.Cl. The van der Waals surface area contributed by atoms with E-state index in [1.807, 2.05) is 42.5 Å². The first-order chi connectivity index (χ1) is 11.2. The van der Waals surface area contributed by atoms with Crippen molar-refractivity contribution in [3.05, 3.63) is 60.2 Å². The summed E-state index contributed by atoms with van der Waals surface area (Å²) in [5.41, 5.74) is 0.663. The van der Waals surface area contributed by atoms with Crippen LogP contribution in [0.5, 0.6) is 11.5 Å². The van der Waals surface area contributed by atoms with Crippen LogP contribution in [0.1, 0.15) is 23.7 Å². The van der Waals surface area contributed by atoms with Crippen LogP contribution in [0.2, 0.25) is 0 Å². The summed E-state index contributed by atoms with van der Waals surface area (Å²) in [6.07, 6.45) is 0.974. The standard InChI is InChI=1S/C19H22N2O2.ClH/c1-14-13-20-12-11-18(14)21-19(22)15-7-9-17(10-8-15)23-16-5-3-2-4-6-16;/h2-10,14,18,20H,11-13H2,1H3,(H,21,22);1H. The molecule has 5 heteroatoms. The van der Waals surface area contributed by atoms with E-state index in [2.05, 4.69) is 17.6 Å². The van der Waals surface area contributed by atoms with Crippen molar-refractivity contribution in [3.63, 3.8) is 0 Å². The van der Waals surface area contributed by atoms with Crippen molar-refractivity contribution in [2.24, 2.45) is 5.92 Å². The van der Waals surface area contributed by atoms with Gasteiger partial charge in [0.25, 0.3) is 5.91 Å². The average molecular weight is 347 g/mol. The molecule has 1 heterocycles. The minimum Gasteiger partial charge on any atom is -0.457 e. The summed E-state index contributed by atoms with van der Waals surface area (Å²) in [5.74, 6) is 1.94. The van der Waals surface area contributed by atoms with E-state index >= 15 is 0 Å². The lowest BCUT2D eigenvalue weighted by atomic mass is 9.95. The van der Waals surface area contributed by atoms with Crippen molar-refractivity contribution in [3.8, 4) is 11.5 Å². The van der Waals surface area contributed by atoms with Gasteiger partial charge in [0, 0.05) is 11.6 Å². The van der Waals surface area contributed by atoms with Crippen LogP contribution in [-0.2, 0) is 0 Å². The molecule has 0 radical (unpaired) electrons. The Morgan fingerprint density at radius 2 is 1.75 bits per heavy atom. The van der Waals surface area contributed by atoms with Gasteiger partial charge in [-0.15, -0.1) is 12.4 Å². The van der Waals surface area contributed by atoms with E-state index in [0.717, 1.165) is 31.0 Å². The van der Waals surface area contributed by atoms with Crippen molar-refractivity contribution in [2.45, 2.75) is 19.4 Å². The molecule has 0 saturated carbocycles. The van der Waals surface area contributed by atoms with Crippen LogP contribution in [0, 0.1) is 5.92 Å². The third-order valence-electron chi connectivity index (χ3n) is 4.20. The number of nitrogens with one attached hydrogen (secondary N) is 2. The monoisotopic (exact) mass is 346 g/mol. The summed E-state index contributed by atoms with van der Waals surface area (Å²) in [4.78, 5) is 12.4. The highest BCUT2D eigenvalue weighted by atomic mass is 35.5. The Morgan fingerprint density at radius 1 is 1.08 bits per heavy atom. The number of piperidine rings is 1. The van der Waals surface area contributed by atoms with Crippen LogP contribution < -0.4 is 15.4 Å². The van der Waals surface area contributed by atoms with Gasteiger partial charge in [-0.1, -0.05) is 25.1 Å². The Hall–Kier alpha value is -2.04. The number of carbonyl (C=O) groups is 1. The maximum absolute atomic E-state index is 12.4. The van der Waals surface area contributed by atoms with Crippen LogP contribution in [0.3, 0.4) is 0 Å². The molecule has 4 nitrogen and oxygen atoms in total. The first-order valence-electron chi connectivity index (χ1n) is 8.07. The van der Waals surface area contributed by atoms with E-state index in [9.17, 15) is 4.79 Å². The molecule has 0 aromatic heterocycles. The Balaban J connectivity index is 0.00000208. The molecule has 2 unspecified atom stereocenters. The number of hydrogen-bond acceptors (Lipinski definition) is 3. The Labute approximate surface area is 149 Å². The fourth-order valence-electron chi connectivity index (χ4n) is 2.78. The number of rotatable bonds is 4. The van der Waals surface area contributed by atoms with Gasteiger partial charge in [0.15, 0.2) is 0 Å². The molecule has 2 N–H and O–H groups in total. The molecule has 24 heavy (non-hydrogen) atoms. The smallest absolute Gasteiger partial charge is 0.251 e. The molecule has 1 aliphatic heterocycles. The average Bonchev–Trinajstić information content (AvgIpc) is 2.58. The largest absolute Gasteiger partial charge is 0.457 e. The lowest BCUT2D eigenvalue weighted by Crippen LogP contribution is -2.48. The second kappa shape index (κ2) is 8.71. The van der Waals surface area contributed by atoms with Gasteiger partial charge >= 0.3 is 0 Å². The van der Waals surface area contributed by atoms with E-state index in [0.29, 0.717) is 11.5 Å². The topological polar surface area (TPSA) is 50.4 Å². The minimum absolute atomic E-state index is 0. The lowest BCUT2D eigenvalue weighted by Gasteiger charge is -2.30. The Morgan fingerprint density at radius 3 is 2.42 bits per heavy atom. The number of ether oxygens (including phenoxy) is 1. The number of hydrogen-bond donors (Lipinski definition) is 2. The van der Waals surface area contributed by atoms with E-state index in [1.54, 1.807) is 12.1 Å². The molecule has 2 aromatic carbocycles. The van der Waals surface area contributed by atoms with Crippen molar-refractivity contribution >= 4 is 18.3 Å². The van der Waals surface area contributed by atoms with E-state index < -0.39 is 0 Å². The maximum atomic E-state index is 12.4. The number of halogens is 1. The first-order valence-corrected chi connectivity index (χ1v) is 8.07. The van der Waals surface area contributed by atoms with Crippen LogP contribution >= 0.6 is 12.4 Å². The highest BCUT2D eigenvalue weighted by Crippen LogP contribution is 2.21. The normalized spacial score (nSPS) is 19.9. The number of para-hydroxylation sites is 1. The van der Waals surface area contributed by atoms with Crippen molar-refractivity contribution in [2.75, 3.05) is 13.1 Å². The summed E-state index contributed by atoms with van der Waals surface area (Å²) < 4.78 is 5.74. The molecule has 0 aliphatic carbocycles. The highest BCUT2D eigenvalue weighted by Gasteiger charge is 2.22. The molecule has 3 rings (SSSR count). The van der Waals surface area contributed by atoms with E-state index in [-0.39, 0.29) is 24.4 Å². The molecule has 1 amide bonds. The van der Waals surface area contributed by atoms with Gasteiger partial charge in [-0.2, -0.15) is 0 Å². The molecule has 0 bridgehead atoms. The second-order valence-corrected chi connectivity index (χ2v) is 5.99. The van der Waals surface area contributed by atoms with Gasteiger partial charge in [0.2, 0.25) is 0 Å². The molecular weight excluding hydrogens is 324 g/mol. The molecule has 1 fully saturated rings. The van der Waals surface area contributed by atoms with Gasteiger partial charge in [-0.05, 0) is 61.8 Å². The highest BCUT2D eigenvalue weighted by molar-refractivity contribution is 5.94. The van der Waals surface area contributed by atoms with Gasteiger partial charge in [-0.3, -0.25) is 4.79 Å². The third kappa shape index (κ3) is 4.73. The Kier molecular flexibility index (Phi) is 6.64. The van der Waals surface area contributed by atoms with Gasteiger partial charge in [0.1, 0.15) is 11.5 Å². The van der Waals surface area contributed by atoms with Crippen molar-refractivity contribution in [1.82, 2.24) is 10.6 Å². The van der Waals surface area contributed by atoms with Crippen LogP contribution in [-0.4, -0.2) is 25.0 Å². The van der Waals surface area contributed by atoms with Crippen LogP contribution in [0.25, 0.3) is 0 Å². The number of carbonyl (C=O) groups excluding carboxylic acids is 1. The molecule has 128 valence electrons. The summed E-state index contributed by atoms with van der Waals surface area (Å²) >= 11 is 0. The fourth-order valence-corrected chi connectivity index (χ4v) is 2.78. The maximum Gasteiger partial charge on any atom is 0.251 e. The third-order valence-corrected chi connectivity index (χ3v) is 4.20. The molecule has 0 spiro atoms. The summed E-state index contributed by atoms with van der Waals surface area (Å²) in [5, 5.41) is 6.47. The van der Waals surface area contributed by atoms with Gasteiger partial charge in [0.05, 0.1) is 0 Å². The lowest BCUT2D eigenvalue weighted by molar-refractivity contribution is 0.0914. The second-order valence-electron chi connectivity index (χ2n) is 5.99. The van der Waals surface area contributed by atoms with Gasteiger partial charge < -0.3 is 15.4 Å². The molecule has 1 saturated heterocycles. The summed E-state index contributed by atoms with van der Waals surface area (Å²) in [6.45, 7) is 4.07. The molecule has 2 atom stereocenters. The zero-order chi connectivity index (χ0) is 16.1. The first kappa shape index (κ1) is 18.3. The molecule has 2 aromatic rings. The minimum atomic E-state index is -0.0185. The summed E-state index contributed by atoms with van der Waals surface area (Å²) in [6, 6.07) is 17.1. The quantitative estimate of drug-likeness (QED) is 0.888. The Bertz CT molecular complexity index is 646. The van der Waals surface area contributed by atoms with Crippen molar-refractivity contribution in [1.29, 1.82) is 0 Å². The van der Waals surface area contributed by atoms with Crippen LogP contribution in [0.15, 0.2) is 54.6 Å². The van der Waals surface area contributed by atoms with Crippen LogP contribution in [0.4, 0.5) is 0 Å². The molecule has 1 aliphatic rings. The van der Waals surface area contributed by atoms with E-state index in [4.69, 9.17) is 4.74 Å². The van der Waals surface area contributed by atoms with Crippen molar-refractivity contribution < 1.29 is 9.53 Å². The molecular formula is C19H23ClN2O2. The predicted molar refractivity (Wildman–Crippen MR) is 98.1 cm³/mol. The number of amides is 1. The van der Waals surface area contributed by atoms with Gasteiger partial charge in [-0.25, -0.2) is 0 Å². The fraction of sp³-hybridized carbons (Fsp3) is 0.316. The zero-order valence-electron chi connectivity index (χ0n) is 13.7. The summed E-state index contributed by atoms with van der Waals surface area (Å²) in [7, 11) is 0.